The summed E-state index contributed by atoms with van der Waals surface area (Å²) in [5, 5.41) is 8.44. The van der Waals surface area contributed by atoms with Gasteiger partial charge in [0, 0.05) is 7.11 Å². The third-order valence-corrected chi connectivity index (χ3v) is 0.621. The van der Waals surface area contributed by atoms with Crippen LogP contribution in [0.25, 0.3) is 0 Å². The third kappa shape index (κ3) is 7.18. The van der Waals surface area contributed by atoms with Crippen LogP contribution in [0.1, 0.15) is 13.3 Å². The molecular weight excluding hydrogens is 120 g/mol. The van der Waals surface area contributed by atoms with Gasteiger partial charge in [-0.3, -0.25) is 0 Å². The van der Waals surface area contributed by atoms with Crippen molar-refractivity contribution in [2.75, 3.05) is 7.11 Å². The van der Waals surface area contributed by atoms with E-state index in [-0.39, 0.29) is 37.7 Å². The van der Waals surface area contributed by atoms with Crippen LogP contribution in [0.2, 0.25) is 0 Å². The van der Waals surface area contributed by atoms with Crippen LogP contribution in [0.15, 0.2) is 0 Å². The zero-order chi connectivity index (χ0) is 4.99. The molecule has 0 radical (unpaired) electrons. The number of aliphatic hydroxyl groups excluding tert-OH is 1. The molecule has 42 valence electrons. The number of hydrogen-bond acceptors (Lipinski definition) is 2. The number of rotatable bonds is 2. The third-order valence-electron chi connectivity index (χ3n) is 0.621. The first kappa shape index (κ1) is 11.0. The maximum absolute atomic E-state index is 8.44. The molecule has 1 N–H and O–H groups in total. The van der Waals surface area contributed by atoms with Crippen molar-refractivity contribution in [1.29, 1.82) is 0 Å². The summed E-state index contributed by atoms with van der Waals surface area (Å²) in [6.07, 6.45) is 0.0984. The molecule has 0 aromatic carbocycles. The zero-order valence-corrected chi connectivity index (χ0v) is 4.14. The van der Waals surface area contributed by atoms with Crippen molar-refractivity contribution in [3.05, 3.63) is 0 Å². The Kier molecular flexibility index (Phi) is 11.3. The molecule has 0 aliphatic heterocycles. The normalized spacial score (nSPS) is 12.4. The minimum atomic E-state index is -0.565. The monoisotopic (exact) mass is 132 g/mol. The van der Waals surface area contributed by atoms with Gasteiger partial charge in [-0.05, 0) is 6.42 Å². The van der Waals surface area contributed by atoms with Gasteiger partial charge in [0.2, 0.25) is 0 Å². The van der Waals surface area contributed by atoms with Gasteiger partial charge in [0.15, 0.2) is 6.29 Å². The van der Waals surface area contributed by atoms with E-state index in [1.807, 2.05) is 6.92 Å². The topological polar surface area (TPSA) is 29.5 Å². The van der Waals surface area contributed by atoms with E-state index in [4.69, 9.17) is 5.11 Å². The summed E-state index contributed by atoms with van der Waals surface area (Å²) in [4.78, 5) is 0. The van der Waals surface area contributed by atoms with Gasteiger partial charge >= 0.3 is 37.7 Å². The Hall–Kier alpha value is 1.18. The standard InChI is InChI=1S/C4H10O2.Ca.2H/c1-3-4(5)6-2;;;/h4-5H,3H2,1-2H3;;;. The van der Waals surface area contributed by atoms with Crippen LogP contribution in [0.5, 0.6) is 0 Å². The molecule has 1 unspecified atom stereocenters. The van der Waals surface area contributed by atoms with Gasteiger partial charge in [-0.2, -0.15) is 0 Å². The van der Waals surface area contributed by atoms with Crippen LogP contribution in [-0.4, -0.2) is 56.2 Å². The van der Waals surface area contributed by atoms with Crippen molar-refractivity contribution in [3.63, 3.8) is 0 Å². The molecule has 0 bridgehead atoms. The molecule has 0 saturated carbocycles. The first-order valence-corrected chi connectivity index (χ1v) is 2.02. The van der Waals surface area contributed by atoms with Gasteiger partial charge in [-0.15, -0.1) is 0 Å². The van der Waals surface area contributed by atoms with E-state index in [9.17, 15) is 0 Å². The van der Waals surface area contributed by atoms with Crippen LogP contribution >= 0.6 is 0 Å². The average Bonchev–Trinajstić information content (AvgIpc) is 1.65. The van der Waals surface area contributed by atoms with E-state index in [2.05, 4.69) is 4.74 Å². The summed E-state index contributed by atoms with van der Waals surface area (Å²) in [6, 6.07) is 0. The molecule has 1 atom stereocenters. The van der Waals surface area contributed by atoms with Crippen LogP contribution in [0, 0.1) is 0 Å². The van der Waals surface area contributed by atoms with E-state index in [1.165, 1.54) is 7.11 Å². The molecule has 2 nitrogen and oxygen atoms in total. The van der Waals surface area contributed by atoms with E-state index < -0.39 is 6.29 Å². The molecule has 0 rings (SSSR count). The summed E-state index contributed by atoms with van der Waals surface area (Å²) < 4.78 is 4.45. The summed E-state index contributed by atoms with van der Waals surface area (Å²) in [6.45, 7) is 1.86. The Morgan fingerprint density at radius 2 is 2.14 bits per heavy atom. The van der Waals surface area contributed by atoms with Crippen molar-refractivity contribution in [2.24, 2.45) is 0 Å². The second-order valence-corrected chi connectivity index (χ2v) is 1.10. The molecular formula is C4H12CaO2. The Balaban J connectivity index is 0. The summed E-state index contributed by atoms with van der Waals surface area (Å²) in [5.41, 5.74) is 0. The van der Waals surface area contributed by atoms with Gasteiger partial charge in [0.25, 0.3) is 0 Å². The fraction of sp³-hybridized carbons (Fsp3) is 1.00. The van der Waals surface area contributed by atoms with Crippen LogP contribution < -0.4 is 0 Å². The second kappa shape index (κ2) is 7.18. The van der Waals surface area contributed by atoms with Crippen molar-refractivity contribution < 1.29 is 9.84 Å². The fourth-order valence-electron chi connectivity index (χ4n) is 0.167. The fourth-order valence-corrected chi connectivity index (χ4v) is 0.167. The quantitative estimate of drug-likeness (QED) is 0.403. The number of methoxy groups -OCH3 is 1. The molecule has 0 aliphatic carbocycles. The van der Waals surface area contributed by atoms with Gasteiger partial charge in [-0.1, -0.05) is 6.92 Å². The number of hydrogen-bond donors (Lipinski definition) is 1. The SMILES string of the molecule is CCC(O)OC.[CaH2]. The van der Waals surface area contributed by atoms with Crippen LogP contribution in [0.4, 0.5) is 0 Å². The van der Waals surface area contributed by atoms with Gasteiger partial charge in [0.05, 0.1) is 0 Å². The predicted octanol–water partition coefficient (Wildman–Crippen LogP) is -0.555. The molecule has 7 heavy (non-hydrogen) atoms. The summed E-state index contributed by atoms with van der Waals surface area (Å²) >= 11 is 0. The number of aliphatic hydroxyl groups is 1. The van der Waals surface area contributed by atoms with Crippen molar-refractivity contribution in [1.82, 2.24) is 0 Å². The average molecular weight is 132 g/mol. The van der Waals surface area contributed by atoms with E-state index in [1.54, 1.807) is 0 Å². The first-order chi connectivity index (χ1) is 2.81. The molecule has 0 spiro atoms. The minimum absolute atomic E-state index is 0. The van der Waals surface area contributed by atoms with E-state index in [0.29, 0.717) is 6.42 Å². The van der Waals surface area contributed by atoms with Crippen molar-refractivity contribution in [2.45, 2.75) is 19.6 Å². The molecule has 0 amide bonds. The summed E-state index contributed by atoms with van der Waals surface area (Å²) in [5.74, 6) is 0. The molecule has 0 saturated heterocycles. The molecule has 0 fully saturated rings. The molecule has 0 aromatic rings. The zero-order valence-electron chi connectivity index (χ0n) is 4.14. The van der Waals surface area contributed by atoms with Crippen molar-refractivity contribution in [3.8, 4) is 0 Å². The Labute approximate surface area is 73.9 Å². The Morgan fingerprint density at radius 3 is 2.14 bits per heavy atom. The van der Waals surface area contributed by atoms with Gasteiger partial charge in [-0.25, -0.2) is 0 Å². The molecule has 0 aromatic heterocycles. The Morgan fingerprint density at radius 1 is 1.71 bits per heavy atom. The molecule has 0 heterocycles. The maximum atomic E-state index is 8.44. The van der Waals surface area contributed by atoms with E-state index in [0.717, 1.165) is 0 Å². The Bertz CT molecular complexity index is 28.9. The van der Waals surface area contributed by atoms with Crippen LogP contribution in [0.3, 0.4) is 0 Å². The molecule has 3 heteroatoms. The van der Waals surface area contributed by atoms with Crippen LogP contribution in [-0.2, 0) is 4.74 Å². The van der Waals surface area contributed by atoms with E-state index >= 15 is 0 Å². The predicted molar refractivity (Wildman–Crippen MR) is 31.9 cm³/mol. The van der Waals surface area contributed by atoms with Crippen molar-refractivity contribution >= 4 is 37.7 Å². The second-order valence-electron chi connectivity index (χ2n) is 1.10. The summed E-state index contributed by atoms with van der Waals surface area (Å²) in [7, 11) is 1.48. The van der Waals surface area contributed by atoms with Gasteiger partial charge in [0.1, 0.15) is 0 Å². The van der Waals surface area contributed by atoms with Gasteiger partial charge < -0.3 is 9.84 Å². The molecule has 0 aliphatic rings. The number of ether oxygens (including phenoxy) is 1. The first-order valence-electron chi connectivity index (χ1n) is 2.02.